The van der Waals surface area contributed by atoms with Crippen LogP contribution in [-0.4, -0.2) is 30.6 Å². The van der Waals surface area contributed by atoms with E-state index >= 15 is 0 Å². The first-order chi connectivity index (χ1) is 8.56. The molecule has 0 spiro atoms. The fourth-order valence-corrected chi connectivity index (χ4v) is 2.51. The zero-order valence-corrected chi connectivity index (χ0v) is 11.5. The predicted octanol–water partition coefficient (Wildman–Crippen LogP) is 2.56. The lowest BCUT2D eigenvalue weighted by atomic mass is 10.0. The summed E-state index contributed by atoms with van der Waals surface area (Å²) < 4.78 is 13.1. The van der Waals surface area contributed by atoms with Crippen LogP contribution >= 0.6 is 0 Å². The van der Waals surface area contributed by atoms with Gasteiger partial charge in [-0.05, 0) is 36.1 Å². The molecule has 2 nitrogen and oxygen atoms in total. The molecule has 18 heavy (non-hydrogen) atoms. The first-order valence-electron chi connectivity index (χ1n) is 6.77. The molecule has 1 N–H and O–H groups in total. The molecule has 2 rings (SSSR count). The molecule has 3 heteroatoms. The molecular formula is C15H23FN2. The van der Waals surface area contributed by atoms with Crippen LogP contribution in [0, 0.1) is 18.7 Å². The SMILES string of the molecule is Cc1cc(F)ccc1CN1CCNC(C(C)C)C1. The Labute approximate surface area is 109 Å². The van der Waals surface area contributed by atoms with Crippen LogP contribution in [0.25, 0.3) is 0 Å². The van der Waals surface area contributed by atoms with Gasteiger partial charge in [0.25, 0.3) is 0 Å². The highest BCUT2D eigenvalue weighted by molar-refractivity contribution is 5.26. The summed E-state index contributed by atoms with van der Waals surface area (Å²) in [6.07, 6.45) is 0. The first-order valence-corrected chi connectivity index (χ1v) is 6.77. The summed E-state index contributed by atoms with van der Waals surface area (Å²) in [6.45, 7) is 10.6. The van der Waals surface area contributed by atoms with Crippen LogP contribution in [0.1, 0.15) is 25.0 Å². The molecule has 1 aliphatic rings. The number of nitrogens with one attached hydrogen (secondary N) is 1. The summed E-state index contributed by atoms with van der Waals surface area (Å²) in [5, 5.41) is 3.56. The average Bonchev–Trinajstić information content (AvgIpc) is 2.33. The zero-order valence-electron chi connectivity index (χ0n) is 11.5. The van der Waals surface area contributed by atoms with Gasteiger partial charge in [-0.25, -0.2) is 4.39 Å². The van der Waals surface area contributed by atoms with Crippen molar-refractivity contribution in [2.75, 3.05) is 19.6 Å². The average molecular weight is 250 g/mol. The maximum Gasteiger partial charge on any atom is 0.123 e. The molecule has 1 heterocycles. The molecule has 0 aliphatic carbocycles. The fourth-order valence-electron chi connectivity index (χ4n) is 2.51. The van der Waals surface area contributed by atoms with Crippen molar-refractivity contribution in [3.63, 3.8) is 0 Å². The van der Waals surface area contributed by atoms with Crippen LogP contribution in [0.15, 0.2) is 18.2 Å². The Bertz CT molecular complexity index is 403. The van der Waals surface area contributed by atoms with Gasteiger partial charge in [0.15, 0.2) is 0 Å². The Kier molecular flexibility index (Phi) is 4.36. The van der Waals surface area contributed by atoms with E-state index in [1.807, 2.05) is 13.0 Å². The van der Waals surface area contributed by atoms with Gasteiger partial charge in [-0.15, -0.1) is 0 Å². The minimum absolute atomic E-state index is 0.142. The van der Waals surface area contributed by atoms with E-state index in [4.69, 9.17) is 0 Å². The standard InChI is InChI=1S/C15H23FN2/c1-11(2)15-10-18(7-6-17-15)9-13-4-5-14(16)8-12(13)3/h4-5,8,11,15,17H,6-7,9-10H2,1-3H3. The molecule has 100 valence electrons. The lowest BCUT2D eigenvalue weighted by molar-refractivity contribution is 0.168. The molecule has 0 bridgehead atoms. The van der Waals surface area contributed by atoms with Crippen molar-refractivity contribution < 1.29 is 4.39 Å². The van der Waals surface area contributed by atoms with Gasteiger partial charge in [0.1, 0.15) is 5.82 Å². The lowest BCUT2D eigenvalue weighted by Crippen LogP contribution is -2.52. The van der Waals surface area contributed by atoms with Crippen LogP contribution < -0.4 is 5.32 Å². The minimum atomic E-state index is -0.142. The quantitative estimate of drug-likeness (QED) is 0.887. The number of piperazine rings is 1. The topological polar surface area (TPSA) is 15.3 Å². The van der Waals surface area contributed by atoms with Gasteiger partial charge < -0.3 is 5.32 Å². The summed E-state index contributed by atoms with van der Waals surface area (Å²) >= 11 is 0. The number of hydrogen-bond donors (Lipinski definition) is 1. The molecule has 1 aromatic carbocycles. The van der Waals surface area contributed by atoms with E-state index in [1.165, 1.54) is 5.56 Å². The van der Waals surface area contributed by atoms with E-state index in [2.05, 4.69) is 24.1 Å². The van der Waals surface area contributed by atoms with Gasteiger partial charge in [-0.3, -0.25) is 4.90 Å². The molecular weight excluding hydrogens is 227 g/mol. The van der Waals surface area contributed by atoms with Gasteiger partial charge in [0.05, 0.1) is 0 Å². The smallest absolute Gasteiger partial charge is 0.123 e. The van der Waals surface area contributed by atoms with E-state index in [1.54, 1.807) is 12.1 Å². The van der Waals surface area contributed by atoms with Crippen LogP contribution in [0.4, 0.5) is 4.39 Å². The van der Waals surface area contributed by atoms with Crippen molar-refractivity contribution >= 4 is 0 Å². The summed E-state index contributed by atoms with van der Waals surface area (Å²) in [5.74, 6) is 0.513. The van der Waals surface area contributed by atoms with E-state index in [-0.39, 0.29) is 5.82 Å². The number of halogens is 1. The van der Waals surface area contributed by atoms with Crippen LogP contribution in [0.3, 0.4) is 0 Å². The monoisotopic (exact) mass is 250 g/mol. The second-order valence-electron chi connectivity index (χ2n) is 5.61. The third-order valence-corrected chi connectivity index (χ3v) is 3.79. The van der Waals surface area contributed by atoms with Crippen molar-refractivity contribution in [2.45, 2.75) is 33.4 Å². The largest absolute Gasteiger partial charge is 0.311 e. The Morgan fingerprint density at radius 3 is 2.89 bits per heavy atom. The Hall–Kier alpha value is -0.930. The Balaban J connectivity index is 2.00. The first kappa shape index (κ1) is 13.5. The Morgan fingerprint density at radius 1 is 1.44 bits per heavy atom. The van der Waals surface area contributed by atoms with Crippen molar-refractivity contribution in [1.82, 2.24) is 10.2 Å². The second kappa shape index (κ2) is 5.81. The zero-order chi connectivity index (χ0) is 13.1. The van der Waals surface area contributed by atoms with Crippen molar-refractivity contribution in [3.8, 4) is 0 Å². The molecule has 0 aromatic heterocycles. The highest BCUT2D eigenvalue weighted by Crippen LogP contribution is 2.15. The molecule has 1 unspecified atom stereocenters. The summed E-state index contributed by atoms with van der Waals surface area (Å²) in [6, 6.07) is 5.67. The summed E-state index contributed by atoms with van der Waals surface area (Å²) in [7, 11) is 0. The van der Waals surface area contributed by atoms with Gasteiger partial charge in [-0.2, -0.15) is 0 Å². The van der Waals surface area contributed by atoms with Gasteiger partial charge in [0.2, 0.25) is 0 Å². The normalized spacial score (nSPS) is 21.5. The van der Waals surface area contributed by atoms with Gasteiger partial charge >= 0.3 is 0 Å². The molecule has 0 radical (unpaired) electrons. The van der Waals surface area contributed by atoms with E-state index < -0.39 is 0 Å². The summed E-state index contributed by atoms with van der Waals surface area (Å²) in [4.78, 5) is 2.46. The van der Waals surface area contributed by atoms with Crippen molar-refractivity contribution in [3.05, 3.63) is 35.1 Å². The number of rotatable bonds is 3. The van der Waals surface area contributed by atoms with E-state index in [0.29, 0.717) is 12.0 Å². The predicted molar refractivity (Wildman–Crippen MR) is 73.0 cm³/mol. The summed E-state index contributed by atoms with van der Waals surface area (Å²) in [5.41, 5.74) is 2.29. The number of hydrogen-bond acceptors (Lipinski definition) is 2. The van der Waals surface area contributed by atoms with Crippen LogP contribution in [0.5, 0.6) is 0 Å². The molecule has 1 fully saturated rings. The third-order valence-electron chi connectivity index (χ3n) is 3.79. The number of aryl methyl sites for hydroxylation is 1. The number of nitrogens with zero attached hydrogens (tertiary/aromatic N) is 1. The van der Waals surface area contributed by atoms with Crippen molar-refractivity contribution in [1.29, 1.82) is 0 Å². The molecule has 1 saturated heterocycles. The highest BCUT2D eigenvalue weighted by atomic mass is 19.1. The van der Waals surface area contributed by atoms with Crippen LogP contribution in [-0.2, 0) is 6.54 Å². The van der Waals surface area contributed by atoms with E-state index in [9.17, 15) is 4.39 Å². The maximum absolute atomic E-state index is 13.1. The maximum atomic E-state index is 13.1. The molecule has 1 atom stereocenters. The molecule has 0 amide bonds. The molecule has 1 aromatic rings. The van der Waals surface area contributed by atoms with Gasteiger partial charge in [0, 0.05) is 32.2 Å². The van der Waals surface area contributed by atoms with Gasteiger partial charge in [-0.1, -0.05) is 19.9 Å². The molecule has 0 saturated carbocycles. The highest BCUT2D eigenvalue weighted by Gasteiger charge is 2.21. The lowest BCUT2D eigenvalue weighted by Gasteiger charge is -2.36. The van der Waals surface area contributed by atoms with Crippen LogP contribution in [0.2, 0.25) is 0 Å². The van der Waals surface area contributed by atoms with E-state index in [0.717, 1.165) is 31.7 Å². The third kappa shape index (κ3) is 3.30. The second-order valence-corrected chi connectivity index (χ2v) is 5.61. The molecule has 1 aliphatic heterocycles. The van der Waals surface area contributed by atoms with Crippen molar-refractivity contribution in [2.24, 2.45) is 5.92 Å². The minimum Gasteiger partial charge on any atom is -0.311 e. The fraction of sp³-hybridized carbons (Fsp3) is 0.600. The Morgan fingerprint density at radius 2 is 2.22 bits per heavy atom. The number of benzene rings is 1.